The maximum absolute atomic E-state index is 13.8. The molecule has 6 nitrogen and oxygen atoms in total. The van der Waals surface area contributed by atoms with Crippen molar-refractivity contribution in [2.45, 2.75) is 32.5 Å². The maximum Gasteiger partial charge on any atom is 0.227 e. The highest BCUT2D eigenvalue weighted by Crippen LogP contribution is 2.30. The van der Waals surface area contributed by atoms with Gasteiger partial charge in [0.15, 0.2) is 0 Å². The molecule has 0 saturated carbocycles. The molecular formula is C21H25F2N3O3S. The Kier molecular flexibility index (Phi) is 5.56. The molecule has 30 heavy (non-hydrogen) atoms. The lowest BCUT2D eigenvalue weighted by atomic mass is 10.1. The van der Waals surface area contributed by atoms with E-state index in [1.165, 1.54) is 28.6 Å². The van der Waals surface area contributed by atoms with Crippen molar-refractivity contribution in [3.05, 3.63) is 48.0 Å². The molecule has 1 unspecified atom stereocenters. The number of hydrogen-bond donors (Lipinski definition) is 1. The average molecular weight is 438 g/mol. The summed E-state index contributed by atoms with van der Waals surface area (Å²) in [6.45, 7) is 4.91. The predicted molar refractivity (Wildman–Crippen MR) is 113 cm³/mol. The summed E-state index contributed by atoms with van der Waals surface area (Å²) in [5.74, 6) is -0.924. The van der Waals surface area contributed by atoms with E-state index in [1.54, 1.807) is 16.7 Å². The van der Waals surface area contributed by atoms with Crippen molar-refractivity contribution in [1.29, 1.82) is 0 Å². The molecule has 2 aromatic carbocycles. The second kappa shape index (κ2) is 7.88. The first-order chi connectivity index (χ1) is 14.2. The zero-order valence-electron chi connectivity index (χ0n) is 16.9. The molecule has 0 spiro atoms. The van der Waals surface area contributed by atoms with Crippen LogP contribution in [0.5, 0.6) is 0 Å². The number of hydrogen-bond acceptors (Lipinski definition) is 4. The minimum atomic E-state index is -3.50. The fourth-order valence-electron chi connectivity index (χ4n) is 4.10. The molecule has 1 saturated heterocycles. The smallest absolute Gasteiger partial charge is 0.227 e. The molecule has 0 bridgehead atoms. The van der Waals surface area contributed by atoms with Gasteiger partial charge >= 0.3 is 0 Å². The van der Waals surface area contributed by atoms with E-state index in [2.05, 4.69) is 0 Å². The van der Waals surface area contributed by atoms with E-state index < -0.39 is 27.8 Å². The Morgan fingerprint density at radius 3 is 2.03 bits per heavy atom. The zero-order valence-corrected chi connectivity index (χ0v) is 17.7. The zero-order chi connectivity index (χ0) is 21.6. The van der Waals surface area contributed by atoms with Gasteiger partial charge in [-0.25, -0.2) is 17.2 Å². The number of sulfonamides is 1. The van der Waals surface area contributed by atoms with Crippen LogP contribution in [-0.2, 0) is 16.6 Å². The fourth-order valence-corrected chi connectivity index (χ4v) is 5.86. The monoisotopic (exact) mass is 437 g/mol. The molecule has 162 valence electrons. The average Bonchev–Trinajstić information content (AvgIpc) is 2.95. The molecule has 1 atom stereocenters. The molecule has 1 fully saturated rings. The van der Waals surface area contributed by atoms with Gasteiger partial charge in [0, 0.05) is 47.5 Å². The third kappa shape index (κ3) is 3.94. The molecule has 3 aromatic rings. The van der Waals surface area contributed by atoms with Crippen LogP contribution in [0, 0.1) is 11.6 Å². The topological polar surface area (TPSA) is 65.8 Å². The van der Waals surface area contributed by atoms with E-state index in [-0.39, 0.29) is 25.0 Å². The van der Waals surface area contributed by atoms with Crippen LogP contribution in [-0.4, -0.2) is 65.0 Å². The van der Waals surface area contributed by atoms with Crippen molar-refractivity contribution in [3.63, 3.8) is 0 Å². The minimum absolute atomic E-state index is 0.0299. The number of halogens is 2. The SMILES string of the molecule is CC(C)N1CCN(CC(O)Cn2c3ccc(F)cc3c3cc(F)ccc32)S(=O)(=O)C1. The Morgan fingerprint density at radius 1 is 0.967 bits per heavy atom. The summed E-state index contributed by atoms with van der Waals surface area (Å²) < 4.78 is 55.9. The van der Waals surface area contributed by atoms with Gasteiger partial charge in [-0.15, -0.1) is 0 Å². The number of benzene rings is 2. The first-order valence-electron chi connectivity index (χ1n) is 9.92. The van der Waals surface area contributed by atoms with Gasteiger partial charge in [-0.1, -0.05) is 0 Å². The summed E-state index contributed by atoms with van der Waals surface area (Å²) in [7, 11) is -3.50. The van der Waals surface area contributed by atoms with E-state index in [0.29, 0.717) is 34.9 Å². The van der Waals surface area contributed by atoms with Crippen LogP contribution in [0.25, 0.3) is 21.8 Å². The summed E-state index contributed by atoms with van der Waals surface area (Å²) in [6.07, 6.45) is -0.973. The summed E-state index contributed by atoms with van der Waals surface area (Å²) >= 11 is 0. The number of nitrogens with zero attached hydrogens (tertiary/aromatic N) is 3. The molecule has 1 aromatic heterocycles. The molecule has 9 heteroatoms. The lowest BCUT2D eigenvalue weighted by Gasteiger charge is -2.37. The van der Waals surface area contributed by atoms with Crippen molar-refractivity contribution in [2.24, 2.45) is 0 Å². The molecule has 1 N–H and O–H groups in total. The minimum Gasteiger partial charge on any atom is -0.390 e. The Bertz CT molecular complexity index is 1130. The van der Waals surface area contributed by atoms with Crippen LogP contribution >= 0.6 is 0 Å². The van der Waals surface area contributed by atoms with Gasteiger partial charge in [0.2, 0.25) is 10.0 Å². The second-order valence-corrected chi connectivity index (χ2v) is 10.0. The highest BCUT2D eigenvalue weighted by atomic mass is 32.2. The van der Waals surface area contributed by atoms with E-state index in [0.717, 1.165) is 0 Å². The van der Waals surface area contributed by atoms with Crippen LogP contribution < -0.4 is 0 Å². The van der Waals surface area contributed by atoms with Gasteiger partial charge in [0.1, 0.15) is 17.5 Å². The number of rotatable bonds is 5. The van der Waals surface area contributed by atoms with Gasteiger partial charge in [0.25, 0.3) is 0 Å². The summed E-state index contributed by atoms with van der Waals surface area (Å²) in [4.78, 5) is 1.88. The van der Waals surface area contributed by atoms with Gasteiger partial charge in [-0.05, 0) is 50.2 Å². The second-order valence-electron chi connectivity index (χ2n) is 8.09. The third-order valence-electron chi connectivity index (χ3n) is 5.69. The van der Waals surface area contributed by atoms with Crippen molar-refractivity contribution < 1.29 is 22.3 Å². The number of aromatic nitrogens is 1. The number of aliphatic hydroxyl groups is 1. The van der Waals surface area contributed by atoms with Gasteiger partial charge in [0.05, 0.1) is 12.6 Å². The first-order valence-corrected chi connectivity index (χ1v) is 11.5. The predicted octanol–water partition coefficient (Wildman–Crippen LogP) is 2.75. The molecule has 0 amide bonds. The Hall–Kier alpha value is -2.07. The largest absolute Gasteiger partial charge is 0.390 e. The number of aliphatic hydroxyl groups excluding tert-OH is 1. The van der Waals surface area contributed by atoms with Gasteiger partial charge in [-0.2, -0.15) is 4.31 Å². The highest BCUT2D eigenvalue weighted by molar-refractivity contribution is 7.89. The molecule has 0 radical (unpaired) electrons. The summed E-state index contributed by atoms with van der Waals surface area (Å²) in [5, 5.41) is 11.8. The van der Waals surface area contributed by atoms with Crippen molar-refractivity contribution in [3.8, 4) is 0 Å². The van der Waals surface area contributed by atoms with Crippen LogP contribution in [0.1, 0.15) is 13.8 Å². The van der Waals surface area contributed by atoms with E-state index in [4.69, 9.17) is 0 Å². The third-order valence-corrected chi connectivity index (χ3v) is 7.46. The summed E-state index contributed by atoms with van der Waals surface area (Å²) in [5.41, 5.74) is 1.31. The Balaban J connectivity index is 1.61. The highest BCUT2D eigenvalue weighted by Gasteiger charge is 2.33. The standard InChI is InChI=1S/C21H25F2N3O3S/c1-14(2)24-7-8-25(30(28,29)13-24)11-17(27)12-26-20-5-3-15(22)9-18(20)19-10-16(23)4-6-21(19)26/h3-6,9-10,14,17,27H,7-8,11-13H2,1-2H3. The van der Waals surface area contributed by atoms with Gasteiger partial charge in [-0.3, -0.25) is 4.90 Å². The molecule has 2 heterocycles. The van der Waals surface area contributed by atoms with Crippen molar-refractivity contribution in [1.82, 2.24) is 13.8 Å². The quantitative estimate of drug-likeness (QED) is 0.667. The first kappa shape index (κ1) is 21.2. The molecule has 0 aliphatic carbocycles. The van der Waals surface area contributed by atoms with E-state index in [1.807, 2.05) is 18.7 Å². The summed E-state index contributed by atoms with van der Waals surface area (Å²) in [6, 6.07) is 8.63. The van der Waals surface area contributed by atoms with Crippen LogP contribution in [0.15, 0.2) is 36.4 Å². The molecule has 1 aliphatic rings. The normalized spacial score (nSPS) is 19.1. The maximum atomic E-state index is 13.8. The Labute approximate surface area is 174 Å². The number of fused-ring (bicyclic) bond motifs is 3. The number of β-amino-alcohol motifs (C(OH)–C–C–N with tert-alkyl or cyclic N) is 1. The van der Waals surface area contributed by atoms with Crippen molar-refractivity contribution in [2.75, 3.05) is 25.5 Å². The van der Waals surface area contributed by atoms with Crippen LogP contribution in [0.3, 0.4) is 0 Å². The molecular weight excluding hydrogens is 412 g/mol. The Morgan fingerprint density at radius 2 is 1.53 bits per heavy atom. The lowest BCUT2D eigenvalue weighted by Crippen LogP contribution is -2.53. The molecule has 4 rings (SSSR count). The van der Waals surface area contributed by atoms with Gasteiger partial charge < -0.3 is 9.67 Å². The van der Waals surface area contributed by atoms with E-state index in [9.17, 15) is 22.3 Å². The molecule has 1 aliphatic heterocycles. The fraction of sp³-hybridized carbons (Fsp3) is 0.429. The van der Waals surface area contributed by atoms with Crippen LogP contribution in [0.2, 0.25) is 0 Å². The van der Waals surface area contributed by atoms with Crippen LogP contribution in [0.4, 0.5) is 8.78 Å². The van der Waals surface area contributed by atoms with Crippen molar-refractivity contribution >= 4 is 31.8 Å². The lowest BCUT2D eigenvalue weighted by molar-refractivity contribution is 0.116. The van der Waals surface area contributed by atoms with E-state index >= 15 is 0 Å².